The molecule has 0 radical (unpaired) electrons. The summed E-state index contributed by atoms with van der Waals surface area (Å²) in [6.07, 6.45) is -1.44. The molecule has 5 rings (SSSR count). The van der Waals surface area contributed by atoms with Crippen LogP contribution >= 0.6 is 23.2 Å². The number of aromatic hydroxyl groups is 1. The van der Waals surface area contributed by atoms with Crippen LogP contribution in [0.25, 0.3) is 11.1 Å². The normalized spacial score (nSPS) is 13.5. The van der Waals surface area contributed by atoms with Crippen molar-refractivity contribution in [1.29, 1.82) is 0 Å². The van der Waals surface area contributed by atoms with Gasteiger partial charge in [-0.15, -0.1) is 0 Å². The summed E-state index contributed by atoms with van der Waals surface area (Å²) >= 11 is 12.2. The highest BCUT2D eigenvalue weighted by Crippen LogP contribution is 2.39. The molecule has 4 aromatic carbocycles. The van der Waals surface area contributed by atoms with Gasteiger partial charge in [-0.05, 0) is 48.0 Å². The van der Waals surface area contributed by atoms with Crippen molar-refractivity contribution in [3.8, 4) is 22.6 Å². The molecule has 0 aliphatic carbocycles. The van der Waals surface area contributed by atoms with Gasteiger partial charge in [-0.25, -0.2) is 4.79 Å². The van der Waals surface area contributed by atoms with Crippen molar-refractivity contribution >= 4 is 58.0 Å². The van der Waals surface area contributed by atoms with E-state index < -0.39 is 6.16 Å². The topological polar surface area (TPSA) is 111 Å². The van der Waals surface area contributed by atoms with E-state index >= 15 is 0 Å². The lowest BCUT2D eigenvalue weighted by Crippen LogP contribution is -2.26. The summed E-state index contributed by atoms with van der Waals surface area (Å²) in [7, 11) is 0. The predicted octanol–water partition coefficient (Wildman–Crippen LogP) is 6.92. The molecule has 1 aliphatic rings. The molecule has 0 atom stereocenters. The van der Waals surface area contributed by atoms with E-state index in [-0.39, 0.29) is 28.8 Å². The zero-order chi connectivity index (χ0) is 26.1. The Kier molecular flexibility index (Phi) is 6.43. The summed E-state index contributed by atoms with van der Waals surface area (Å²) < 4.78 is 4.71. The van der Waals surface area contributed by atoms with Crippen molar-refractivity contribution in [2.45, 2.75) is 0 Å². The second-order valence-electron chi connectivity index (χ2n) is 7.93. The molecular weight excluding hydrogens is 517 g/mol. The van der Waals surface area contributed by atoms with E-state index in [0.29, 0.717) is 38.1 Å². The molecule has 0 bridgehead atoms. The monoisotopic (exact) mass is 533 g/mol. The number of hydrogen-bond donors (Lipinski definition) is 3. The molecule has 3 N–H and O–H groups in total. The van der Waals surface area contributed by atoms with Crippen molar-refractivity contribution < 1.29 is 24.5 Å². The van der Waals surface area contributed by atoms with Gasteiger partial charge in [-0.2, -0.15) is 5.10 Å². The van der Waals surface area contributed by atoms with Crippen LogP contribution in [0.5, 0.6) is 11.5 Å². The maximum atomic E-state index is 13.4. The maximum Gasteiger partial charge on any atom is 0.511 e. The number of phenols is 1. The quantitative estimate of drug-likeness (QED) is 0.111. The Morgan fingerprint density at radius 2 is 1.65 bits per heavy atom. The van der Waals surface area contributed by atoms with Crippen LogP contribution in [0.15, 0.2) is 90.0 Å². The van der Waals surface area contributed by atoms with Gasteiger partial charge in [-0.1, -0.05) is 65.7 Å². The van der Waals surface area contributed by atoms with Gasteiger partial charge in [0.2, 0.25) is 0 Å². The molecule has 4 aromatic rings. The molecule has 0 saturated carbocycles. The van der Waals surface area contributed by atoms with E-state index in [1.165, 1.54) is 17.0 Å². The molecule has 0 saturated heterocycles. The maximum absolute atomic E-state index is 13.4. The van der Waals surface area contributed by atoms with Gasteiger partial charge in [0, 0.05) is 11.1 Å². The summed E-state index contributed by atoms with van der Waals surface area (Å²) in [4.78, 5) is 25.8. The van der Waals surface area contributed by atoms with Gasteiger partial charge in [0.25, 0.3) is 5.91 Å². The van der Waals surface area contributed by atoms with Crippen molar-refractivity contribution in [2.75, 3.05) is 10.3 Å². The first-order valence-corrected chi connectivity index (χ1v) is 11.6. The lowest BCUT2D eigenvalue weighted by atomic mass is 10.0. The highest BCUT2D eigenvalue weighted by molar-refractivity contribution is 6.56. The first-order chi connectivity index (χ1) is 17.8. The molecule has 0 unspecified atom stereocenters. The smallest absolute Gasteiger partial charge is 0.505 e. The van der Waals surface area contributed by atoms with Crippen LogP contribution in [0.3, 0.4) is 0 Å². The van der Waals surface area contributed by atoms with Crippen molar-refractivity contribution in [2.24, 2.45) is 5.10 Å². The number of rotatable bonds is 5. The fraction of sp³-hybridized carbons (Fsp3) is 0. The molecule has 1 aliphatic heterocycles. The molecular formula is C27H17Cl2N3O5. The number of nitrogens with zero attached hydrogens (tertiary/aromatic N) is 2. The number of carbonyl (C=O) groups is 2. The Labute approximate surface area is 220 Å². The molecule has 0 spiro atoms. The van der Waals surface area contributed by atoms with Gasteiger partial charge in [-0.3, -0.25) is 15.1 Å². The van der Waals surface area contributed by atoms with Crippen LogP contribution in [0, 0.1) is 0 Å². The number of para-hydroxylation sites is 2. The minimum Gasteiger partial charge on any atom is -0.505 e. The van der Waals surface area contributed by atoms with Crippen LogP contribution in [0.1, 0.15) is 5.56 Å². The third kappa shape index (κ3) is 4.67. The van der Waals surface area contributed by atoms with E-state index in [0.717, 1.165) is 0 Å². The van der Waals surface area contributed by atoms with Gasteiger partial charge >= 0.3 is 6.16 Å². The number of ether oxygens (including phenoxy) is 1. The Hall–Kier alpha value is -4.53. The third-order valence-electron chi connectivity index (χ3n) is 5.64. The Morgan fingerprint density at radius 3 is 2.43 bits per heavy atom. The van der Waals surface area contributed by atoms with Crippen molar-refractivity contribution in [3.05, 3.63) is 101 Å². The predicted molar refractivity (Wildman–Crippen MR) is 142 cm³/mol. The van der Waals surface area contributed by atoms with Crippen LogP contribution < -0.4 is 15.1 Å². The number of phenolic OH excluding ortho intramolecular Hbond substituents is 1. The lowest BCUT2D eigenvalue weighted by molar-refractivity contribution is -0.111. The number of fused-ring (bicyclic) bond motifs is 1. The van der Waals surface area contributed by atoms with Crippen molar-refractivity contribution in [3.63, 3.8) is 0 Å². The molecule has 37 heavy (non-hydrogen) atoms. The first-order valence-electron chi connectivity index (χ1n) is 10.9. The standard InChI is InChI=1S/C27H17Cl2N3O5/c28-20-12-11-16(14-21(20)29)32-23-10-2-1-7-19(23)24(26(32)34)31-30-22-9-4-8-18(25(22)33)15-5-3-6-17(13-15)37-27(35)36/h1-14,30,33H,(H,35,36). The average Bonchev–Trinajstić information content (AvgIpc) is 3.16. The molecule has 0 fully saturated rings. The molecule has 184 valence electrons. The summed E-state index contributed by atoms with van der Waals surface area (Å²) in [5.74, 6) is -0.417. The number of hydrogen-bond acceptors (Lipinski definition) is 6. The van der Waals surface area contributed by atoms with Gasteiger partial charge in [0.15, 0.2) is 5.71 Å². The lowest BCUT2D eigenvalue weighted by Gasteiger charge is -2.17. The number of hydrazone groups is 1. The number of nitrogens with one attached hydrogen (secondary N) is 1. The summed E-state index contributed by atoms with van der Waals surface area (Å²) in [6.45, 7) is 0. The minimum absolute atomic E-state index is 0.110. The number of benzene rings is 4. The number of amides is 1. The van der Waals surface area contributed by atoms with Gasteiger partial charge in [0.1, 0.15) is 11.5 Å². The Balaban J connectivity index is 1.49. The third-order valence-corrected chi connectivity index (χ3v) is 6.38. The Morgan fingerprint density at radius 1 is 0.892 bits per heavy atom. The van der Waals surface area contributed by atoms with E-state index in [1.54, 1.807) is 66.7 Å². The van der Waals surface area contributed by atoms with E-state index in [4.69, 9.17) is 33.0 Å². The minimum atomic E-state index is -1.44. The van der Waals surface area contributed by atoms with Gasteiger partial charge in [0.05, 0.1) is 27.1 Å². The van der Waals surface area contributed by atoms with Crippen LogP contribution in [0.4, 0.5) is 21.9 Å². The van der Waals surface area contributed by atoms with Crippen LogP contribution in [-0.2, 0) is 4.79 Å². The summed E-state index contributed by atoms with van der Waals surface area (Å²) in [5, 5.41) is 24.8. The van der Waals surface area contributed by atoms with E-state index in [9.17, 15) is 14.7 Å². The van der Waals surface area contributed by atoms with Crippen molar-refractivity contribution in [1.82, 2.24) is 0 Å². The number of anilines is 3. The second-order valence-corrected chi connectivity index (χ2v) is 8.74. The second kappa shape index (κ2) is 9.85. The number of carboxylic acid groups (broad SMARTS) is 1. The van der Waals surface area contributed by atoms with Gasteiger partial charge < -0.3 is 14.9 Å². The highest BCUT2D eigenvalue weighted by Gasteiger charge is 2.35. The number of halogens is 2. The molecule has 0 aromatic heterocycles. The summed E-state index contributed by atoms with van der Waals surface area (Å²) in [5.41, 5.74) is 5.88. The van der Waals surface area contributed by atoms with Crippen LogP contribution in [0.2, 0.25) is 10.0 Å². The zero-order valence-corrected chi connectivity index (χ0v) is 20.4. The number of carbonyl (C=O) groups excluding carboxylic acids is 1. The Bertz CT molecular complexity index is 1590. The molecule has 1 heterocycles. The average molecular weight is 534 g/mol. The first kappa shape index (κ1) is 24.2. The molecule has 8 nitrogen and oxygen atoms in total. The zero-order valence-electron chi connectivity index (χ0n) is 18.9. The fourth-order valence-electron chi connectivity index (χ4n) is 4.00. The van der Waals surface area contributed by atoms with E-state index in [2.05, 4.69) is 10.5 Å². The fourth-order valence-corrected chi connectivity index (χ4v) is 4.29. The molecule has 1 amide bonds. The molecule has 10 heteroatoms. The van der Waals surface area contributed by atoms with Crippen LogP contribution in [-0.4, -0.2) is 28.0 Å². The SMILES string of the molecule is O=C(O)Oc1cccc(-c2cccc(NN=C3C(=O)N(c4ccc(Cl)c(Cl)c4)c4ccccc43)c2O)c1. The van der Waals surface area contributed by atoms with E-state index in [1.807, 2.05) is 6.07 Å². The summed E-state index contributed by atoms with van der Waals surface area (Å²) in [6, 6.07) is 23.3. The largest absolute Gasteiger partial charge is 0.511 e. The highest BCUT2D eigenvalue weighted by atomic mass is 35.5.